The zero-order valence-corrected chi connectivity index (χ0v) is 13.4. The maximum absolute atomic E-state index is 10.8. The van der Waals surface area contributed by atoms with Crippen LogP contribution in [0.5, 0.6) is 0 Å². The third kappa shape index (κ3) is 4.09. The van der Waals surface area contributed by atoms with Gasteiger partial charge >= 0.3 is 5.97 Å². The molecule has 1 N–H and O–H groups in total. The summed E-state index contributed by atoms with van der Waals surface area (Å²) in [5.41, 5.74) is 1.13. The first kappa shape index (κ1) is 15.5. The van der Waals surface area contributed by atoms with Gasteiger partial charge in [-0.05, 0) is 24.3 Å². The summed E-state index contributed by atoms with van der Waals surface area (Å²) >= 11 is 1.68. The van der Waals surface area contributed by atoms with E-state index in [0.29, 0.717) is 0 Å². The molecule has 6 heteroatoms. The zero-order valence-electron chi connectivity index (χ0n) is 12.6. The van der Waals surface area contributed by atoms with Crippen molar-refractivity contribution in [3.05, 3.63) is 47.0 Å². The molecule has 0 unspecified atom stereocenters. The fraction of sp³-hybridized carbons (Fsp3) is 0.294. The number of carboxylic acids is 1. The van der Waals surface area contributed by atoms with Gasteiger partial charge in [-0.15, -0.1) is 11.3 Å². The fourth-order valence-electron chi connectivity index (χ4n) is 2.42. The second-order valence-corrected chi connectivity index (χ2v) is 6.14. The Morgan fingerprint density at radius 1 is 1.22 bits per heavy atom. The second kappa shape index (κ2) is 7.27. The molecule has 0 aliphatic carbocycles. The summed E-state index contributed by atoms with van der Waals surface area (Å²) in [4.78, 5) is 19.8. The quantitative estimate of drug-likeness (QED) is 0.874. The Kier molecular flexibility index (Phi) is 4.91. The van der Waals surface area contributed by atoms with Crippen LogP contribution in [-0.2, 0) is 0 Å². The van der Waals surface area contributed by atoms with E-state index in [1.165, 1.54) is 0 Å². The highest BCUT2D eigenvalue weighted by atomic mass is 32.1. The minimum absolute atomic E-state index is 0.286. The number of hydrogen-bond acceptors (Lipinski definition) is 5. The standard InChI is InChI=1S/C17H17N3O2S/c21-16(22)15-5-3-14(4-6-15)2-1-8-19-9-11-20(12-10-19)17-18-7-13-23-17/h3-7,13H,8-12H2,(H,21,22). The van der Waals surface area contributed by atoms with E-state index in [2.05, 4.69) is 26.6 Å². The van der Waals surface area contributed by atoms with Crippen LogP contribution in [-0.4, -0.2) is 53.7 Å². The highest BCUT2D eigenvalue weighted by Crippen LogP contribution is 2.18. The van der Waals surface area contributed by atoms with Crippen LogP contribution in [0.4, 0.5) is 5.13 Å². The second-order valence-electron chi connectivity index (χ2n) is 5.26. The van der Waals surface area contributed by atoms with Crippen LogP contribution >= 0.6 is 11.3 Å². The van der Waals surface area contributed by atoms with E-state index in [0.717, 1.165) is 43.4 Å². The summed E-state index contributed by atoms with van der Waals surface area (Å²) in [6, 6.07) is 6.66. The van der Waals surface area contributed by atoms with Gasteiger partial charge in [0.25, 0.3) is 0 Å². The molecule has 0 bridgehead atoms. The van der Waals surface area contributed by atoms with Crippen LogP contribution in [0.2, 0.25) is 0 Å². The van der Waals surface area contributed by atoms with Gasteiger partial charge in [0.05, 0.1) is 12.1 Å². The van der Waals surface area contributed by atoms with E-state index in [1.54, 1.807) is 35.6 Å². The molecule has 0 spiro atoms. The number of nitrogens with zero attached hydrogens (tertiary/aromatic N) is 3. The van der Waals surface area contributed by atoms with Gasteiger partial charge in [-0.2, -0.15) is 0 Å². The smallest absolute Gasteiger partial charge is 0.335 e. The Balaban J connectivity index is 1.49. The molecule has 0 saturated carbocycles. The number of anilines is 1. The van der Waals surface area contributed by atoms with E-state index in [1.807, 2.05) is 11.6 Å². The predicted octanol–water partition coefficient (Wildman–Crippen LogP) is 2.01. The molecular formula is C17H17N3O2S. The number of benzene rings is 1. The Labute approximate surface area is 139 Å². The molecule has 1 aliphatic heterocycles. The Morgan fingerprint density at radius 3 is 2.57 bits per heavy atom. The average molecular weight is 327 g/mol. The van der Waals surface area contributed by atoms with E-state index in [9.17, 15) is 4.79 Å². The third-order valence-electron chi connectivity index (χ3n) is 3.73. The van der Waals surface area contributed by atoms with Gasteiger partial charge in [0, 0.05) is 43.3 Å². The number of piperazine rings is 1. The molecule has 1 aromatic carbocycles. The summed E-state index contributed by atoms with van der Waals surface area (Å²) < 4.78 is 0. The maximum atomic E-state index is 10.8. The van der Waals surface area contributed by atoms with Gasteiger partial charge in [0.2, 0.25) is 0 Å². The van der Waals surface area contributed by atoms with Gasteiger partial charge in [0.1, 0.15) is 0 Å². The molecule has 5 nitrogen and oxygen atoms in total. The highest BCUT2D eigenvalue weighted by Gasteiger charge is 2.17. The molecule has 1 aliphatic rings. The van der Waals surface area contributed by atoms with Crippen molar-refractivity contribution in [2.24, 2.45) is 0 Å². The van der Waals surface area contributed by atoms with Crippen LogP contribution < -0.4 is 4.90 Å². The van der Waals surface area contributed by atoms with Crippen molar-refractivity contribution in [3.63, 3.8) is 0 Å². The average Bonchev–Trinajstić information content (AvgIpc) is 3.10. The van der Waals surface area contributed by atoms with Crippen molar-refractivity contribution in [1.82, 2.24) is 9.88 Å². The van der Waals surface area contributed by atoms with Crippen LogP contribution in [0.25, 0.3) is 0 Å². The molecular weight excluding hydrogens is 310 g/mol. The molecule has 1 saturated heterocycles. The minimum Gasteiger partial charge on any atom is -0.478 e. The Morgan fingerprint density at radius 2 is 1.96 bits per heavy atom. The molecule has 2 heterocycles. The van der Waals surface area contributed by atoms with Gasteiger partial charge in [-0.1, -0.05) is 11.8 Å². The SMILES string of the molecule is O=C(O)c1ccc(C#CCN2CCN(c3nccs3)CC2)cc1. The lowest BCUT2D eigenvalue weighted by Gasteiger charge is -2.33. The van der Waals surface area contributed by atoms with Crippen LogP contribution in [0.15, 0.2) is 35.8 Å². The first-order chi connectivity index (χ1) is 11.2. The molecule has 2 aromatic rings. The predicted molar refractivity (Wildman–Crippen MR) is 91.0 cm³/mol. The van der Waals surface area contributed by atoms with E-state index < -0.39 is 5.97 Å². The topological polar surface area (TPSA) is 56.7 Å². The van der Waals surface area contributed by atoms with Gasteiger partial charge in [-0.3, -0.25) is 4.90 Å². The summed E-state index contributed by atoms with van der Waals surface area (Å²) in [5.74, 6) is 5.34. The zero-order chi connectivity index (χ0) is 16.1. The number of hydrogen-bond donors (Lipinski definition) is 1. The Bertz CT molecular complexity index is 709. The largest absolute Gasteiger partial charge is 0.478 e. The fourth-order valence-corrected chi connectivity index (χ4v) is 3.12. The highest BCUT2D eigenvalue weighted by molar-refractivity contribution is 7.13. The molecule has 0 amide bonds. The molecule has 1 fully saturated rings. The van der Waals surface area contributed by atoms with Crippen LogP contribution in [0, 0.1) is 11.8 Å². The molecule has 0 radical (unpaired) electrons. The summed E-state index contributed by atoms with van der Waals surface area (Å²) in [6.07, 6.45) is 1.84. The molecule has 3 rings (SSSR count). The van der Waals surface area contributed by atoms with Crippen molar-refractivity contribution < 1.29 is 9.90 Å². The lowest BCUT2D eigenvalue weighted by Crippen LogP contribution is -2.46. The number of carboxylic acid groups (broad SMARTS) is 1. The molecule has 1 aromatic heterocycles. The number of aromatic nitrogens is 1. The first-order valence-corrected chi connectivity index (χ1v) is 8.29. The lowest BCUT2D eigenvalue weighted by atomic mass is 10.1. The third-order valence-corrected chi connectivity index (χ3v) is 4.56. The summed E-state index contributed by atoms with van der Waals surface area (Å²) in [6.45, 7) is 4.63. The van der Waals surface area contributed by atoms with E-state index in [-0.39, 0.29) is 5.56 Å². The van der Waals surface area contributed by atoms with Crippen molar-refractivity contribution in [2.45, 2.75) is 0 Å². The van der Waals surface area contributed by atoms with Crippen molar-refractivity contribution in [2.75, 3.05) is 37.6 Å². The van der Waals surface area contributed by atoms with Gasteiger partial charge in [0.15, 0.2) is 5.13 Å². The molecule has 23 heavy (non-hydrogen) atoms. The van der Waals surface area contributed by atoms with Crippen molar-refractivity contribution >= 4 is 22.4 Å². The minimum atomic E-state index is -0.914. The van der Waals surface area contributed by atoms with Gasteiger partial charge < -0.3 is 10.0 Å². The number of carbonyl (C=O) groups is 1. The van der Waals surface area contributed by atoms with Gasteiger partial charge in [-0.25, -0.2) is 9.78 Å². The van der Waals surface area contributed by atoms with Crippen LogP contribution in [0.1, 0.15) is 15.9 Å². The maximum Gasteiger partial charge on any atom is 0.335 e. The Hall–Kier alpha value is -2.36. The number of aromatic carboxylic acids is 1. The molecule has 118 valence electrons. The summed E-state index contributed by atoms with van der Waals surface area (Å²) in [5, 5.41) is 12.0. The summed E-state index contributed by atoms with van der Waals surface area (Å²) in [7, 11) is 0. The van der Waals surface area contributed by atoms with Crippen LogP contribution in [0.3, 0.4) is 0 Å². The number of thiazole rings is 1. The normalized spacial score (nSPS) is 15.0. The van der Waals surface area contributed by atoms with E-state index >= 15 is 0 Å². The van der Waals surface area contributed by atoms with E-state index in [4.69, 9.17) is 5.11 Å². The monoisotopic (exact) mass is 327 g/mol. The number of rotatable bonds is 3. The first-order valence-electron chi connectivity index (χ1n) is 7.41. The van der Waals surface area contributed by atoms with Crippen molar-refractivity contribution in [1.29, 1.82) is 0 Å². The molecule has 0 atom stereocenters. The lowest BCUT2D eigenvalue weighted by molar-refractivity contribution is 0.0697. The van der Waals surface area contributed by atoms with Crippen molar-refractivity contribution in [3.8, 4) is 11.8 Å².